The second kappa shape index (κ2) is 7.38. The molecular weight excluding hydrogens is 356 g/mol. The number of fused-ring (bicyclic) bond motifs is 1. The minimum atomic E-state index is -0.172. The van der Waals surface area contributed by atoms with E-state index in [-0.39, 0.29) is 12.6 Å². The minimum absolute atomic E-state index is 0.172. The average Bonchev–Trinajstić information content (AvgIpc) is 2.44. The lowest BCUT2D eigenvalue weighted by molar-refractivity contribution is -0.144. The number of carbonyl (C=O) groups excluding carboxylic acids is 1. The molecule has 0 saturated carbocycles. The van der Waals surface area contributed by atoms with Crippen LogP contribution in [0.15, 0.2) is 40.1 Å². The molecule has 2 aromatic carbocycles. The number of alkyl halides is 1. The summed E-state index contributed by atoms with van der Waals surface area (Å²) in [4.78, 5) is 13.3. The molecule has 0 fully saturated rings. The standard InChI is InChI=1S/C15H15BrO2S2/c16-8-2-5-14(17)18-9-10-6-7-13(20)15-11(10)3-1-4-12(15)19/h1,3-4,6-7,19-20H,2,5,8-9H2. The molecule has 2 nitrogen and oxygen atoms in total. The van der Waals surface area contributed by atoms with Crippen LogP contribution in [0.2, 0.25) is 0 Å². The minimum Gasteiger partial charge on any atom is -0.461 e. The number of esters is 1. The van der Waals surface area contributed by atoms with Gasteiger partial charge in [0.05, 0.1) is 0 Å². The van der Waals surface area contributed by atoms with E-state index in [1.54, 1.807) is 0 Å². The zero-order valence-electron chi connectivity index (χ0n) is 10.8. The molecule has 0 aliphatic rings. The highest BCUT2D eigenvalue weighted by Crippen LogP contribution is 2.30. The number of rotatable bonds is 5. The number of halogens is 1. The van der Waals surface area contributed by atoms with Crippen LogP contribution in [-0.2, 0) is 16.1 Å². The first-order valence-corrected chi connectivity index (χ1v) is 8.29. The van der Waals surface area contributed by atoms with Crippen molar-refractivity contribution in [3.8, 4) is 0 Å². The summed E-state index contributed by atoms with van der Waals surface area (Å²) in [5.74, 6) is -0.172. The lowest BCUT2D eigenvalue weighted by Crippen LogP contribution is -2.05. The monoisotopic (exact) mass is 370 g/mol. The van der Waals surface area contributed by atoms with Crippen molar-refractivity contribution in [1.82, 2.24) is 0 Å². The first kappa shape index (κ1) is 15.7. The van der Waals surface area contributed by atoms with Gasteiger partial charge in [0.25, 0.3) is 0 Å². The maximum atomic E-state index is 11.6. The van der Waals surface area contributed by atoms with E-state index in [2.05, 4.69) is 41.2 Å². The zero-order chi connectivity index (χ0) is 14.5. The highest BCUT2D eigenvalue weighted by Gasteiger charge is 2.09. The Kier molecular flexibility index (Phi) is 5.81. The van der Waals surface area contributed by atoms with E-state index < -0.39 is 0 Å². The van der Waals surface area contributed by atoms with Crippen LogP contribution in [0.3, 0.4) is 0 Å². The summed E-state index contributed by atoms with van der Waals surface area (Å²) in [6.07, 6.45) is 1.22. The molecular formula is C15H15BrO2S2. The smallest absolute Gasteiger partial charge is 0.306 e. The van der Waals surface area contributed by atoms with Gasteiger partial charge in [-0.15, -0.1) is 25.3 Å². The largest absolute Gasteiger partial charge is 0.461 e. The fraction of sp³-hybridized carbons (Fsp3) is 0.267. The molecule has 0 saturated heterocycles. The van der Waals surface area contributed by atoms with Crippen molar-refractivity contribution < 1.29 is 9.53 Å². The molecule has 0 aliphatic carbocycles. The van der Waals surface area contributed by atoms with E-state index >= 15 is 0 Å². The van der Waals surface area contributed by atoms with Crippen molar-refractivity contribution in [2.45, 2.75) is 29.2 Å². The molecule has 0 bridgehead atoms. The van der Waals surface area contributed by atoms with Crippen LogP contribution in [0.25, 0.3) is 10.8 Å². The SMILES string of the molecule is O=C(CCCBr)OCc1ccc(S)c2c(S)cccc12. The third-order valence-electron chi connectivity index (χ3n) is 2.99. The van der Waals surface area contributed by atoms with Crippen LogP contribution >= 0.6 is 41.2 Å². The molecule has 5 heteroatoms. The molecule has 0 N–H and O–H groups in total. The first-order chi connectivity index (χ1) is 9.63. The van der Waals surface area contributed by atoms with Crippen LogP contribution in [0, 0.1) is 0 Å². The van der Waals surface area contributed by atoms with E-state index in [9.17, 15) is 4.79 Å². The Morgan fingerprint density at radius 2 is 1.90 bits per heavy atom. The lowest BCUT2D eigenvalue weighted by atomic mass is 10.0. The van der Waals surface area contributed by atoms with Crippen molar-refractivity contribution in [3.63, 3.8) is 0 Å². The Hall–Kier alpha value is -0.650. The second-order valence-corrected chi connectivity index (χ2v) is 6.15. The number of thiol groups is 2. The van der Waals surface area contributed by atoms with E-state index in [1.807, 2.05) is 30.3 Å². The lowest BCUT2D eigenvalue weighted by Gasteiger charge is -2.11. The van der Waals surface area contributed by atoms with Gasteiger partial charge in [-0.25, -0.2) is 0 Å². The van der Waals surface area contributed by atoms with Gasteiger partial charge in [0.2, 0.25) is 0 Å². The predicted molar refractivity (Wildman–Crippen MR) is 91.3 cm³/mol. The van der Waals surface area contributed by atoms with Crippen molar-refractivity contribution >= 4 is 57.9 Å². The molecule has 0 aliphatic heterocycles. The molecule has 0 atom stereocenters. The fourth-order valence-corrected chi connectivity index (χ4v) is 3.01. The maximum Gasteiger partial charge on any atom is 0.306 e. The van der Waals surface area contributed by atoms with E-state index in [0.717, 1.165) is 37.9 Å². The molecule has 2 rings (SSSR count). The van der Waals surface area contributed by atoms with Crippen LogP contribution in [0.1, 0.15) is 18.4 Å². The Morgan fingerprint density at radius 1 is 1.15 bits per heavy atom. The van der Waals surface area contributed by atoms with Gasteiger partial charge in [-0.3, -0.25) is 4.79 Å². The Labute approximate surface area is 137 Å². The van der Waals surface area contributed by atoms with E-state index in [4.69, 9.17) is 4.74 Å². The first-order valence-electron chi connectivity index (χ1n) is 6.27. The molecule has 0 spiro atoms. The van der Waals surface area contributed by atoms with Gasteiger partial charge in [-0.2, -0.15) is 0 Å². The average molecular weight is 371 g/mol. The summed E-state index contributed by atoms with van der Waals surface area (Å²) in [7, 11) is 0. The van der Waals surface area contributed by atoms with Gasteiger partial charge in [-0.1, -0.05) is 34.1 Å². The highest BCUT2D eigenvalue weighted by molar-refractivity contribution is 9.09. The van der Waals surface area contributed by atoms with Gasteiger partial charge < -0.3 is 4.74 Å². The van der Waals surface area contributed by atoms with E-state index in [1.165, 1.54) is 0 Å². The summed E-state index contributed by atoms with van der Waals surface area (Å²) in [5, 5.41) is 2.83. The van der Waals surface area contributed by atoms with Gasteiger partial charge >= 0.3 is 5.97 Å². The number of benzene rings is 2. The molecule has 2 aromatic rings. The topological polar surface area (TPSA) is 26.3 Å². The molecule has 0 aromatic heterocycles. The van der Waals surface area contributed by atoms with Gasteiger partial charge in [-0.05, 0) is 29.5 Å². The van der Waals surface area contributed by atoms with Gasteiger partial charge in [0.15, 0.2) is 0 Å². The van der Waals surface area contributed by atoms with E-state index in [0.29, 0.717) is 6.42 Å². The summed E-state index contributed by atoms with van der Waals surface area (Å²) < 4.78 is 5.31. The van der Waals surface area contributed by atoms with Gasteiger partial charge in [0.1, 0.15) is 6.61 Å². The van der Waals surface area contributed by atoms with Crippen molar-refractivity contribution in [2.75, 3.05) is 5.33 Å². The van der Waals surface area contributed by atoms with Crippen LogP contribution < -0.4 is 0 Å². The number of hydrogen-bond acceptors (Lipinski definition) is 4. The van der Waals surface area contributed by atoms with Crippen LogP contribution in [-0.4, -0.2) is 11.3 Å². The predicted octanol–water partition coefficient (Wildman–Crippen LogP) is 4.64. The van der Waals surface area contributed by atoms with Crippen molar-refractivity contribution in [2.24, 2.45) is 0 Å². The van der Waals surface area contributed by atoms with Gasteiger partial charge in [0, 0.05) is 26.9 Å². The molecule has 0 heterocycles. The van der Waals surface area contributed by atoms with Crippen molar-refractivity contribution in [3.05, 3.63) is 35.9 Å². The molecule has 106 valence electrons. The zero-order valence-corrected chi connectivity index (χ0v) is 14.2. The Morgan fingerprint density at radius 3 is 2.65 bits per heavy atom. The Balaban J connectivity index is 2.21. The quantitative estimate of drug-likeness (QED) is 0.455. The normalized spacial score (nSPS) is 10.8. The fourth-order valence-electron chi connectivity index (χ4n) is 2.00. The van der Waals surface area contributed by atoms with Crippen LogP contribution in [0.4, 0.5) is 0 Å². The molecule has 0 radical (unpaired) electrons. The highest BCUT2D eigenvalue weighted by atomic mass is 79.9. The summed E-state index contributed by atoms with van der Waals surface area (Å²) in [6.45, 7) is 0.281. The Bertz CT molecular complexity index is 620. The third-order valence-corrected chi connectivity index (χ3v) is 4.30. The molecule has 0 unspecified atom stereocenters. The molecule has 0 amide bonds. The van der Waals surface area contributed by atoms with Crippen LogP contribution in [0.5, 0.6) is 0 Å². The molecule has 20 heavy (non-hydrogen) atoms. The second-order valence-electron chi connectivity index (χ2n) is 4.40. The maximum absolute atomic E-state index is 11.6. The summed E-state index contributed by atoms with van der Waals surface area (Å²) in [6, 6.07) is 9.71. The number of carbonyl (C=O) groups is 1. The summed E-state index contributed by atoms with van der Waals surface area (Å²) >= 11 is 12.2. The third kappa shape index (κ3) is 3.71. The van der Waals surface area contributed by atoms with Crippen molar-refractivity contribution in [1.29, 1.82) is 0 Å². The number of ether oxygens (including phenoxy) is 1. The summed E-state index contributed by atoms with van der Waals surface area (Å²) in [5.41, 5.74) is 0.973. The number of hydrogen-bond donors (Lipinski definition) is 2.